The number of Topliss-reactive ketones (excluding diaryl/α,β-unsaturated/α-hetero) is 4. The largest absolute Gasteiger partial charge is 0.461 e. The van der Waals surface area contributed by atoms with E-state index in [1.165, 1.54) is 19.3 Å². The Morgan fingerprint density at radius 3 is 2.25 bits per heavy atom. The topological polar surface area (TPSA) is 81.4 Å². The van der Waals surface area contributed by atoms with Gasteiger partial charge < -0.3 is 4.42 Å². The molecule has 0 aliphatic rings. The fourth-order valence-corrected chi connectivity index (χ4v) is 2.47. The standard InChI is InChI=1S/C19H18O5/c1-13(20)10-17(22)16(14-6-3-2-4-7-14)11-15(21)12-18(23)19-8-5-9-24-19/h2-9,16H,10-12H2,1H3. The SMILES string of the molecule is CC(=O)CC(=O)C(CC(=O)CC(=O)c1ccco1)c1ccccc1. The molecule has 0 fully saturated rings. The third-order valence-corrected chi connectivity index (χ3v) is 3.60. The molecule has 5 nitrogen and oxygen atoms in total. The zero-order chi connectivity index (χ0) is 17.5. The Bertz CT molecular complexity index is 728. The Balaban J connectivity index is 2.10. The highest BCUT2D eigenvalue weighted by Crippen LogP contribution is 2.23. The Kier molecular flexibility index (Phi) is 5.95. The first-order chi connectivity index (χ1) is 11.5. The van der Waals surface area contributed by atoms with Gasteiger partial charge in [-0.2, -0.15) is 0 Å². The van der Waals surface area contributed by atoms with Crippen molar-refractivity contribution in [2.45, 2.75) is 32.1 Å². The molecule has 2 rings (SSSR count). The summed E-state index contributed by atoms with van der Waals surface area (Å²) in [4.78, 5) is 47.7. The average Bonchev–Trinajstić information content (AvgIpc) is 3.07. The molecule has 5 heteroatoms. The van der Waals surface area contributed by atoms with Crippen molar-refractivity contribution in [2.24, 2.45) is 0 Å². The van der Waals surface area contributed by atoms with Gasteiger partial charge in [0.25, 0.3) is 0 Å². The minimum absolute atomic E-state index is 0.109. The van der Waals surface area contributed by atoms with Gasteiger partial charge in [0.15, 0.2) is 5.76 Å². The average molecular weight is 326 g/mol. The summed E-state index contributed by atoms with van der Waals surface area (Å²) >= 11 is 0. The van der Waals surface area contributed by atoms with Crippen molar-refractivity contribution < 1.29 is 23.6 Å². The molecule has 24 heavy (non-hydrogen) atoms. The van der Waals surface area contributed by atoms with E-state index in [0.29, 0.717) is 5.56 Å². The zero-order valence-electron chi connectivity index (χ0n) is 13.4. The van der Waals surface area contributed by atoms with E-state index in [0.717, 1.165) is 0 Å². The van der Waals surface area contributed by atoms with E-state index in [2.05, 4.69) is 0 Å². The van der Waals surface area contributed by atoms with Crippen LogP contribution in [0.15, 0.2) is 53.1 Å². The first-order valence-corrected chi connectivity index (χ1v) is 7.63. The van der Waals surface area contributed by atoms with Gasteiger partial charge in [0, 0.05) is 6.42 Å². The Labute approximate surface area is 139 Å². The van der Waals surface area contributed by atoms with Gasteiger partial charge in [-0.05, 0) is 24.6 Å². The fourth-order valence-electron chi connectivity index (χ4n) is 2.47. The Morgan fingerprint density at radius 1 is 0.958 bits per heavy atom. The van der Waals surface area contributed by atoms with Crippen molar-refractivity contribution in [3.8, 4) is 0 Å². The van der Waals surface area contributed by atoms with Crippen molar-refractivity contribution in [1.29, 1.82) is 0 Å². The van der Waals surface area contributed by atoms with Crippen molar-refractivity contribution in [1.82, 2.24) is 0 Å². The maximum Gasteiger partial charge on any atom is 0.205 e. The fraction of sp³-hybridized carbons (Fsp3) is 0.263. The second-order valence-electron chi connectivity index (χ2n) is 5.63. The molecule has 0 spiro atoms. The van der Waals surface area contributed by atoms with E-state index >= 15 is 0 Å². The van der Waals surface area contributed by atoms with E-state index in [9.17, 15) is 19.2 Å². The van der Waals surface area contributed by atoms with E-state index in [-0.39, 0.29) is 42.4 Å². The van der Waals surface area contributed by atoms with Crippen LogP contribution < -0.4 is 0 Å². The van der Waals surface area contributed by atoms with Gasteiger partial charge in [0.1, 0.15) is 17.3 Å². The number of rotatable bonds is 9. The van der Waals surface area contributed by atoms with E-state index in [1.807, 2.05) is 0 Å². The lowest BCUT2D eigenvalue weighted by Gasteiger charge is -2.15. The molecule has 1 atom stereocenters. The van der Waals surface area contributed by atoms with Crippen LogP contribution >= 0.6 is 0 Å². The van der Waals surface area contributed by atoms with Gasteiger partial charge in [-0.25, -0.2) is 0 Å². The predicted molar refractivity (Wildman–Crippen MR) is 86.8 cm³/mol. The zero-order valence-corrected chi connectivity index (χ0v) is 13.4. The minimum atomic E-state index is -0.716. The molecule has 1 aromatic heterocycles. The summed E-state index contributed by atoms with van der Waals surface area (Å²) < 4.78 is 4.97. The lowest BCUT2D eigenvalue weighted by atomic mass is 9.87. The molecule has 1 heterocycles. The summed E-state index contributed by atoms with van der Waals surface area (Å²) in [6, 6.07) is 11.9. The number of hydrogen-bond acceptors (Lipinski definition) is 5. The van der Waals surface area contributed by atoms with Gasteiger partial charge in [-0.3, -0.25) is 19.2 Å². The highest BCUT2D eigenvalue weighted by Gasteiger charge is 2.26. The minimum Gasteiger partial charge on any atom is -0.461 e. The number of benzene rings is 1. The van der Waals surface area contributed by atoms with Gasteiger partial charge in [-0.1, -0.05) is 30.3 Å². The van der Waals surface area contributed by atoms with Crippen molar-refractivity contribution in [3.63, 3.8) is 0 Å². The molecule has 124 valence electrons. The van der Waals surface area contributed by atoms with Crippen LogP contribution in [0, 0.1) is 0 Å². The van der Waals surface area contributed by atoms with Crippen LogP contribution in [0.3, 0.4) is 0 Å². The van der Waals surface area contributed by atoms with Crippen LogP contribution in [0.5, 0.6) is 0 Å². The number of furan rings is 1. The van der Waals surface area contributed by atoms with Gasteiger partial charge in [0.2, 0.25) is 5.78 Å². The Morgan fingerprint density at radius 2 is 1.67 bits per heavy atom. The molecule has 0 radical (unpaired) electrons. The molecular formula is C19H18O5. The molecule has 1 aromatic carbocycles. The van der Waals surface area contributed by atoms with E-state index in [4.69, 9.17) is 4.42 Å². The third-order valence-electron chi connectivity index (χ3n) is 3.60. The third kappa shape index (κ3) is 4.84. The van der Waals surface area contributed by atoms with Crippen LogP contribution in [-0.2, 0) is 14.4 Å². The maximum atomic E-state index is 12.3. The molecule has 0 saturated heterocycles. The van der Waals surface area contributed by atoms with Crippen LogP contribution in [0.4, 0.5) is 0 Å². The quantitative estimate of drug-likeness (QED) is 0.522. The summed E-state index contributed by atoms with van der Waals surface area (Å²) in [7, 11) is 0. The van der Waals surface area contributed by atoms with Crippen LogP contribution in [0.2, 0.25) is 0 Å². The predicted octanol–water partition coefficient (Wildman–Crippen LogP) is 3.14. The summed E-state index contributed by atoms with van der Waals surface area (Å²) in [6.07, 6.45) is 0.701. The highest BCUT2D eigenvalue weighted by atomic mass is 16.3. The van der Waals surface area contributed by atoms with Crippen LogP contribution in [-0.4, -0.2) is 23.1 Å². The number of carbonyl (C=O) groups is 4. The van der Waals surface area contributed by atoms with Gasteiger partial charge in [0.05, 0.1) is 25.0 Å². The molecule has 0 aliphatic carbocycles. The smallest absolute Gasteiger partial charge is 0.205 e. The van der Waals surface area contributed by atoms with Gasteiger partial charge >= 0.3 is 0 Å². The number of hydrogen-bond donors (Lipinski definition) is 0. The Hall–Kier alpha value is -2.82. The molecule has 0 amide bonds. The summed E-state index contributed by atoms with van der Waals surface area (Å²) in [6.45, 7) is 1.34. The molecule has 0 N–H and O–H groups in total. The molecule has 1 unspecified atom stereocenters. The second-order valence-corrected chi connectivity index (χ2v) is 5.63. The lowest BCUT2D eigenvalue weighted by Crippen LogP contribution is -2.20. The van der Waals surface area contributed by atoms with E-state index in [1.54, 1.807) is 36.4 Å². The maximum absolute atomic E-state index is 12.3. The van der Waals surface area contributed by atoms with Crippen LogP contribution in [0.1, 0.15) is 48.2 Å². The van der Waals surface area contributed by atoms with Crippen molar-refractivity contribution in [3.05, 3.63) is 60.1 Å². The number of ketones is 4. The lowest BCUT2D eigenvalue weighted by molar-refractivity contribution is -0.129. The normalized spacial score (nSPS) is 11.7. The first kappa shape index (κ1) is 17.5. The monoisotopic (exact) mass is 326 g/mol. The molecule has 2 aromatic rings. The number of carbonyl (C=O) groups excluding carboxylic acids is 4. The van der Waals surface area contributed by atoms with Crippen molar-refractivity contribution >= 4 is 23.1 Å². The highest BCUT2D eigenvalue weighted by molar-refractivity contribution is 6.08. The first-order valence-electron chi connectivity index (χ1n) is 7.63. The summed E-state index contributed by atoms with van der Waals surface area (Å²) in [5.74, 6) is -1.94. The van der Waals surface area contributed by atoms with E-state index < -0.39 is 11.7 Å². The summed E-state index contributed by atoms with van der Waals surface area (Å²) in [5.41, 5.74) is 0.669. The molecule has 0 bridgehead atoms. The second kappa shape index (κ2) is 8.15. The molecule has 0 saturated carbocycles. The molecule has 0 aliphatic heterocycles. The van der Waals surface area contributed by atoms with Crippen molar-refractivity contribution in [2.75, 3.05) is 0 Å². The van der Waals surface area contributed by atoms with Gasteiger partial charge in [-0.15, -0.1) is 0 Å². The summed E-state index contributed by atoms with van der Waals surface area (Å²) in [5, 5.41) is 0. The van der Waals surface area contributed by atoms with Crippen LogP contribution in [0.25, 0.3) is 0 Å². The molecular weight excluding hydrogens is 308 g/mol.